The van der Waals surface area contributed by atoms with Crippen molar-refractivity contribution in [3.63, 3.8) is 0 Å². The molecule has 1 aliphatic rings. The number of anilines is 1. The van der Waals surface area contributed by atoms with Crippen LogP contribution in [-0.2, 0) is 6.42 Å². The van der Waals surface area contributed by atoms with Gasteiger partial charge in [0.2, 0.25) is 0 Å². The molecule has 1 saturated heterocycles. The number of benzene rings is 2. The summed E-state index contributed by atoms with van der Waals surface area (Å²) in [7, 11) is 0. The predicted molar refractivity (Wildman–Crippen MR) is 94.6 cm³/mol. The third-order valence-corrected chi connectivity index (χ3v) is 4.80. The zero-order valence-electron chi connectivity index (χ0n) is 13.7. The molecule has 3 nitrogen and oxygen atoms in total. The average molecular weight is 308 g/mol. The summed E-state index contributed by atoms with van der Waals surface area (Å²) in [5.74, 6) is 0.682. The number of likely N-dealkylation sites (tertiary alicyclic amines) is 1. The topological polar surface area (TPSA) is 46.3 Å². The largest absolute Gasteiger partial charge is 0.399 e. The van der Waals surface area contributed by atoms with Crippen LogP contribution < -0.4 is 5.73 Å². The Bertz CT molecular complexity index is 653. The van der Waals surface area contributed by atoms with Crippen molar-refractivity contribution in [1.29, 1.82) is 0 Å². The van der Waals surface area contributed by atoms with Gasteiger partial charge in [-0.2, -0.15) is 0 Å². The maximum atomic E-state index is 12.5. The number of aryl methyl sites for hydroxylation is 1. The molecule has 0 atom stereocenters. The Morgan fingerprint density at radius 2 is 1.65 bits per heavy atom. The zero-order chi connectivity index (χ0) is 16.2. The van der Waals surface area contributed by atoms with Crippen molar-refractivity contribution in [1.82, 2.24) is 4.90 Å². The van der Waals surface area contributed by atoms with Crippen molar-refractivity contribution in [2.24, 2.45) is 0 Å². The molecule has 1 fully saturated rings. The van der Waals surface area contributed by atoms with E-state index in [9.17, 15) is 4.79 Å². The molecule has 0 saturated carbocycles. The van der Waals surface area contributed by atoms with Gasteiger partial charge in [0.1, 0.15) is 0 Å². The maximum Gasteiger partial charge on any atom is 0.253 e. The predicted octanol–water partition coefficient (Wildman–Crippen LogP) is 3.85. The highest BCUT2D eigenvalue weighted by molar-refractivity contribution is 5.94. The van der Waals surface area contributed by atoms with Gasteiger partial charge in [0.15, 0.2) is 0 Å². The van der Waals surface area contributed by atoms with Crippen LogP contribution in [0.2, 0.25) is 0 Å². The van der Waals surface area contributed by atoms with Crippen LogP contribution in [0.15, 0.2) is 48.5 Å². The molecule has 1 heterocycles. The second kappa shape index (κ2) is 6.86. The lowest BCUT2D eigenvalue weighted by Crippen LogP contribution is -2.37. The van der Waals surface area contributed by atoms with Crippen LogP contribution in [0.25, 0.3) is 0 Å². The molecule has 3 rings (SSSR count). The minimum Gasteiger partial charge on any atom is -0.399 e. The Labute approximate surface area is 138 Å². The average Bonchev–Trinajstić information content (AvgIpc) is 2.62. The number of rotatable bonds is 3. The molecular formula is C20H24N2O. The van der Waals surface area contributed by atoms with Gasteiger partial charge in [0.05, 0.1) is 0 Å². The molecule has 1 aliphatic heterocycles. The fraction of sp³-hybridized carbons (Fsp3) is 0.350. The van der Waals surface area contributed by atoms with Gasteiger partial charge in [-0.3, -0.25) is 4.79 Å². The molecule has 0 bridgehead atoms. The van der Waals surface area contributed by atoms with Crippen LogP contribution in [0, 0.1) is 0 Å². The molecule has 0 spiro atoms. The number of nitrogens with two attached hydrogens (primary N) is 1. The first kappa shape index (κ1) is 15.6. The summed E-state index contributed by atoms with van der Waals surface area (Å²) in [5, 5.41) is 0. The van der Waals surface area contributed by atoms with Crippen LogP contribution in [0.1, 0.15) is 47.2 Å². The summed E-state index contributed by atoms with van der Waals surface area (Å²) in [5.41, 5.74) is 9.88. The number of piperidine rings is 1. The molecule has 2 N–H and O–H groups in total. The van der Waals surface area contributed by atoms with E-state index < -0.39 is 0 Å². The fourth-order valence-electron chi connectivity index (χ4n) is 3.25. The number of nitrogens with zero attached hydrogens (tertiary/aromatic N) is 1. The molecule has 0 unspecified atom stereocenters. The smallest absolute Gasteiger partial charge is 0.253 e. The summed E-state index contributed by atoms with van der Waals surface area (Å²) < 4.78 is 0. The second-order valence-corrected chi connectivity index (χ2v) is 6.28. The summed E-state index contributed by atoms with van der Waals surface area (Å²) in [6.45, 7) is 3.82. The number of carbonyl (C=O) groups is 1. The lowest BCUT2D eigenvalue weighted by atomic mass is 9.88. The van der Waals surface area contributed by atoms with Gasteiger partial charge in [0.25, 0.3) is 5.91 Å². The van der Waals surface area contributed by atoms with Crippen LogP contribution in [0.5, 0.6) is 0 Å². The number of hydrogen-bond acceptors (Lipinski definition) is 2. The van der Waals surface area contributed by atoms with Crippen molar-refractivity contribution < 1.29 is 4.79 Å². The number of nitrogen functional groups attached to an aromatic ring is 1. The summed E-state index contributed by atoms with van der Waals surface area (Å²) in [6.07, 6.45) is 3.15. The summed E-state index contributed by atoms with van der Waals surface area (Å²) >= 11 is 0. The van der Waals surface area contributed by atoms with Crippen LogP contribution >= 0.6 is 0 Å². The first-order valence-electron chi connectivity index (χ1n) is 8.41. The monoisotopic (exact) mass is 308 g/mol. The first-order valence-corrected chi connectivity index (χ1v) is 8.41. The molecule has 2 aromatic rings. The minimum atomic E-state index is 0.116. The molecule has 0 radical (unpaired) electrons. The highest BCUT2D eigenvalue weighted by Gasteiger charge is 2.24. The van der Waals surface area contributed by atoms with E-state index in [1.165, 1.54) is 11.1 Å². The van der Waals surface area contributed by atoms with E-state index >= 15 is 0 Å². The highest BCUT2D eigenvalue weighted by atomic mass is 16.2. The van der Waals surface area contributed by atoms with Gasteiger partial charge < -0.3 is 10.6 Å². The molecule has 2 aromatic carbocycles. The molecule has 23 heavy (non-hydrogen) atoms. The number of carbonyl (C=O) groups excluding carboxylic acids is 1. The van der Waals surface area contributed by atoms with Gasteiger partial charge in [-0.05, 0) is 60.6 Å². The van der Waals surface area contributed by atoms with Gasteiger partial charge in [-0.15, -0.1) is 0 Å². The molecule has 3 heteroatoms. The van der Waals surface area contributed by atoms with E-state index in [1.54, 1.807) is 12.1 Å². The zero-order valence-corrected chi connectivity index (χ0v) is 13.7. The SMILES string of the molecule is CCc1ccc(C2CCN(C(=O)c3ccc(N)cc3)CC2)cc1. The third kappa shape index (κ3) is 3.55. The summed E-state index contributed by atoms with van der Waals surface area (Å²) in [4.78, 5) is 14.5. The molecular weight excluding hydrogens is 284 g/mol. The lowest BCUT2D eigenvalue weighted by Gasteiger charge is -2.32. The Hall–Kier alpha value is -2.29. The fourth-order valence-corrected chi connectivity index (χ4v) is 3.25. The van der Waals surface area contributed by atoms with E-state index in [0.717, 1.165) is 37.9 Å². The quantitative estimate of drug-likeness (QED) is 0.875. The lowest BCUT2D eigenvalue weighted by molar-refractivity contribution is 0.0713. The van der Waals surface area contributed by atoms with Gasteiger partial charge in [-0.1, -0.05) is 31.2 Å². The molecule has 120 valence electrons. The minimum absolute atomic E-state index is 0.116. The standard InChI is InChI=1S/C20H24N2O/c1-2-15-3-5-16(6-4-15)17-11-13-22(14-12-17)20(23)18-7-9-19(21)10-8-18/h3-10,17H,2,11-14,21H2,1H3. The molecule has 0 aliphatic carbocycles. The Morgan fingerprint density at radius 1 is 1.04 bits per heavy atom. The van der Waals surface area contributed by atoms with E-state index in [-0.39, 0.29) is 5.91 Å². The highest BCUT2D eigenvalue weighted by Crippen LogP contribution is 2.29. The third-order valence-electron chi connectivity index (χ3n) is 4.80. The van der Waals surface area contributed by atoms with E-state index in [0.29, 0.717) is 11.6 Å². The van der Waals surface area contributed by atoms with Crippen molar-refractivity contribution in [2.45, 2.75) is 32.1 Å². The second-order valence-electron chi connectivity index (χ2n) is 6.28. The van der Waals surface area contributed by atoms with Crippen molar-refractivity contribution in [3.05, 3.63) is 65.2 Å². The van der Waals surface area contributed by atoms with Crippen LogP contribution in [0.4, 0.5) is 5.69 Å². The van der Waals surface area contributed by atoms with Gasteiger partial charge in [0, 0.05) is 24.3 Å². The van der Waals surface area contributed by atoms with Crippen LogP contribution in [-0.4, -0.2) is 23.9 Å². The van der Waals surface area contributed by atoms with Gasteiger partial charge >= 0.3 is 0 Å². The number of hydrogen-bond donors (Lipinski definition) is 1. The normalized spacial score (nSPS) is 15.6. The Morgan fingerprint density at radius 3 is 2.22 bits per heavy atom. The van der Waals surface area contributed by atoms with Crippen LogP contribution in [0.3, 0.4) is 0 Å². The first-order chi connectivity index (χ1) is 11.2. The number of amides is 1. The molecule has 0 aromatic heterocycles. The molecule has 1 amide bonds. The van der Waals surface area contributed by atoms with Crippen molar-refractivity contribution in [3.8, 4) is 0 Å². The van der Waals surface area contributed by atoms with E-state index in [4.69, 9.17) is 5.73 Å². The Balaban J connectivity index is 1.61. The van der Waals surface area contributed by atoms with E-state index in [2.05, 4.69) is 31.2 Å². The maximum absolute atomic E-state index is 12.5. The van der Waals surface area contributed by atoms with Crippen molar-refractivity contribution in [2.75, 3.05) is 18.8 Å². The van der Waals surface area contributed by atoms with E-state index in [1.807, 2.05) is 17.0 Å². The summed E-state index contributed by atoms with van der Waals surface area (Å²) in [6, 6.07) is 16.1. The van der Waals surface area contributed by atoms with Gasteiger partial charge in [-0.25, -0.2) is 0 Å². The van der Waals surface area contributed by atoms with Crippen molar-refractivity contribution >= 4 is 11.6 Å². The Kier molecular flexibility index (Phi) is 4.65.